The summed E-state index contributed by atoms with van der Waals surface area (Å²) >= 11 is 3.26. The van der Waals surface area contributed by atoms with E-state index in [0.29, 0.717) is 4.90 Å². The van der Waals surface area contributed by atoms with E-state index in [4.69, 9.17) is 4.78 Å². The lowest BCUT2D eigenvalue weighted by Crippen LogP contribution is -1.93. The zero-order valence-electron chi connectivity index (χ0n) is 6.00. The Bertz CT molecular complexity index is 341. The first kappa shape index (κ1) is 8.74. The second-order valence-electron chi connectivity index (χ2n) is 2.30. The van der Waals surface area contributed by atoms with Crippen molar-refractivity contribution >= 4 is 25.7 Å². The van der Waals surface area contributed by atoms with Crippen LogP contribution in [0.25, 0.3) is 0 Å². The molecule has 1 aromatic carbocycles. The van der Waals surface area contributed by atoms with Crippen molar-refractivity contribution in [3.8, 4) is 0 Å². The molecule has 0 heterocycles. The lowest BCUT2D eigenvalue weighted by atomic mass is 10.4. The normalized spacial score (nSPS) is 15.8. The van der Waals surface area contributed by atoms with Crippen LogP contribution in [0, 0.1) is 4.78 Å². The molecule has 0 amide bonds. The third kappa shape index (κ3) is 2.31. The van der Waals surface area contributed by atoms with Gasteiger partial charge in [-0.05, 0) is 24.3 Å². The average Bonchev–Trinajstić information content (AvgIpc) is 1.86. The third-order valence-electron chi connectivity index (χ3n) is 1.26. The van der Waals surface area contributed by atoms with E-state index >= 15 is 0 Å². The van der Waals surface area contributed by atoms with E-state index in [1.807, 2.05) is 0 Å². The van der Waals surface area contributed by atoms with Gasteiger partial charge >= 0.3 is 0 Å². The van der Waals surface area contributed by atoms with Crippen LogP contribution in [0.4, 0.5) is 0 Å². The Kier molecular flexibility index (Phi) is 2.34. The summed E-state index contributed by atoms with van der Waals surface area (Å²) in [4.78, 5) is 0.570. The summed E-state index contributed by atoms with van der Waals surface area (Å²) in [7, 11) is -2.54. The number of hydrogen-bond donors (Lipinski definition) is 1. The highest BCUT2D eigenvalue weighted by atomic mass is 79.9. The van der Waals surface area contributed by atoms with Gasteiger partial charge in [-0.2, -0.15) is 0 Å². The largest absolute Gasteiger partial charge is 0.249 e. The Morgan fingerprint density at radius 1 is 1.36 bits per heavy atom. The summed E-state index contributed by atoms with van der Waals surface area (Å²) in [5.41, 5.74) is 0. The van der Waals surface area contributed by atoms with E-state index in [0.717, 1.165) is 4.47 Å². The SMILES string of the molecule is CS(=N)(=O)c1ccc(Br)cc1. The number of benzene rings is 1. The quantitative estimate of drug-likeness (QED) is 0.796. The summed E-state index contributed by atoms with van der Waals surface area (Å²) < 4.78 is 19.3. The van der Waals surface area contributed by atoms with E-state index in [9.17, 15) is 4.21 Å². The van der Waals surface area contributed by atoms with Gasteiger partial charge < -0.3 is 0 Å². The number of rotatable bonds is 1. The molecule has 1 aromatic rings. The first-order valence-electron chi connectivity index (χ1n) is 2.99. The monoisotopic (exact) mass is 233 g/mol. The van der Waals surface area contributed by atoms with Gasteiger partial charge in [0.15, 0.2) is 0 Å². The van der Waals surface area contributed by atoms with Gasteiger partial charge in [0.05, 0.1) is 9.73 Å². The molecule has 0 aliphatic heterocycles. The number of halogens is 1. The molecule has 60 valence electrons. The second-order valence-corrected chi connectivity index (χ2v) is 5.37. The average molecular weight is 234 g/mol. The van der Waals surface area contributed by atoms with Crippen molar-refractivity contribution in [3.05, 3.63) is 28.7 Å². The molecule has 2 nitrogen and oxygen atoms in total. The lowest BCUT2D eigenvalue weighted by molar-refractivity contribution is 0.679. The molecule has 0 radical (unpaired) electrons. The standard InChI is InChI=1S/C7H8BrNOS/c1-11(9,10)7-4-2-6(8)3-5-7/h2-5,9H,1H3. The van der Waals surface area contributed by atoms with Crippen LogP contribution in [-0.2, 0) is 9.73 Å². The molecule has 1 N–H and O–H groups in total. The molecule has 0 aliphatic carbocycles. The second kappa shape index (κ2) is 2.95. The Morgan fingerprint density at radius 3 is 2.18 bits per heavy atom. The van der Waals surface area contributed by atoms with Crippen molar-refractivity contribution in [3.63, 3.8) is 0 Å². The number of hydrogen-bond acceptors (Lipinski definition) is 2. The maximum Gasteiger partial charge on any atom is 0.0696 e. The highest BCUT2D eigenvalue weighted by Gasteiger charge is 2.00. The minimum atomic E-state index is -2.54. The zero-order valence-corrected chi connectivity index (χ0v) is 8.41. The van der Waals surface area contributed by atoms with Crippen molar-refractivity contribution in [2.45, 2.75) is 4.90 Å². The minimum absolute atomic E-state index is 0.570. The van der Waals surface area contributed by atoms with E-state index in [-0.39, 0.29) is 0 Å². The van der Waals surface area contributed by atoms with Crippen LogP contribution in [-0.4, -0.2) is 10.5 Å². The van der Waals surface area contributed by atoms with Crippen molar-refractivity contribution in [1.29, 1.82) is 4.78 Å². The molecule has 4 heteroatoms. The van der Waals surface area contributed by atoms with Gasteiger partial charge in [-0.1, -0.05) is 15.9 Å². The summed E-state index contributed by atoms with van der Waals surface area (Å²) in [6, 6.07) is 6.96. The first-order valence-corrected chi connectivity index (χ1v) is 5.75. The summed E-state index contributed by atoms with van der Waals surface area (Å²) in [5.74, 6) is 0. The molecule has 1 atom stereocenters. The Balaban J connectivity index is 3.20. The lowest BCUT2D eigenvalue weighted by Gasteiger charge is -1.99. The van der Waals surface area contributed by atoms with Crippen LogP contribution >= 0.6 is 15.9 Å². The fourth-order valence-electron chi connectivity index (χ4n) is 0.694. The van der Waals surface area contributed by atoms with Gasteiger partial charge in [-0.15, -0.1) is 0 Å². The van der Waals surface area contributed by atoms with Gasteiger partial charge in [-0.25, -0.2) is 8.99 Å². The third-order valence-corrected chi connectivity index (χ3v) is 2.96. The van der Waals surface area contributed by atoms with Gasteiger partial charge in [0.1, 0.15) is 0 Å². The van der Waals surface area contributed by atoms with Gasteiger partial charge in [0, 0.05) is 15.6 Å². The van der Waals surface area contributed by atoms with E-state index < -0.39 is 9.73 Å². The molecule has 0 bridgehead atoms. The zero-order chi connectivity index (χ0) is 8.48. The molecule has 0 saturated carbocycles. The Labute approximate surface area is 74.7 Å². The Morgan fingerprint density at radius 2 is 1.82 bits per heavy atom. The fourth-order valence-corrected chi connectivity index (χ4v) is 1.61. The van der Waals surface area contributed by atoms with E-state index in [1.165, 1.54) is 6.26 Å². The predicted octanol–water partition coefficient (Wildman–Crippen LogP) is 2.48. The maximum absolute atomic E-state index is 11.2. The molecule has 0 saturated heterocycles. The molecule has 11 heavy (non-hydrogen) atoms. The number of nitrogens with one attached hydrogen (secondary N) is 1. The van der Waals surface area contributed by atoms with Crippen molar-refractivity contribution in [1.82, 2.24) is 0 Å². The summed E-state index contributed by atoms with van der Waals surface area (Å²) in [6.45, 7) is 0. The van der Waals surface area contributed by atoms with Crippen molar-refractivity contribution < 1.29 is 4.21 Å². The minimum Gasteiger partial charge on any atom is -0.249 e. The molecule has 0 spiro atoms. The topological polar surface area (TPSA) is 40.9 Å². The summed E-state index contributed by atoms with van der Waals surface area (Å²) in [6.07, 6.45) is 1.41. The van der Waals surface area contributed by atoms with Crippen molar-refractivity contribution in [2.24, 2.45) is 0 Å². The van der Waals surface area contributed by atoms with Crippen LogP contribution in [0.1, 0.15) is 0 Å². The molecular formula is C7H8BrNOS. The van der Waals surface area contributed by atoms with E-state index in [2.05, 4.69) is 15.9 Å². The van der Waals surface area contributed by atoms with E-state index in [1.54, 1.807) is 24.3 Å². The fraction of sp³-hybridized carbons (Fsp3) is 0.143. The van der Waals surface area contributed by atoms with Gasteiger partial charge in [0.2, 0.25) is 0 Å². The smallest absolute Gasteiger partial charge is 0.0696 e. The Hall–Kier alpha value is -0.350. The van der Waals surface area contributed by atoms with Gasteiger partial charge in [-0.3, -0.25) is 0 Å². The van der Waals surface area contributed by atoms with Crippen LogP contribution < -0.4 is 0 Å². The highest BCUT2D eigenvalue weighted by molar-refractivity contribution is 9.10. The first-order chi connectivity index (χ1) is 5.00. The van der Waals surface area contributed by atoms with Crippen LogP contribution in [0.5, 0.6) is 0 Å². The van der Waals surface area contributed by atoms with Crippen LogP contribution in [0.15, 0.2) is 33.6 Å². The molecule has 0 aliphatic rings. The molecule has 0 aromatic heterocycles. The molecule has 1 rings (SSSR count). The predicted molar refractivity (Wildman–Crippen MR) is 49.2 cm³/mol. The molecular weight excluding hydrogens is 226 g/mol. The van der Waals surface area contributed by atoms with Crippen LogP contribution in [0.2, 0.25) is 0 Å². The van der Waals surface area contributed by atoms with Crippen molar-refractivity contribution in [2.75, 3.05) is 6.26 Å². The molecule has 1 unspecified atom stereocenters. The maximum atomic E-state index is 11.2. The molecule has 0 fully saturated rings. The highest BCUT2D eigenvalue weighted by Crippen LogP contribution is 2.14. The summed E-state index contributed by atoms with van der Waals surface area (Å²) in [5, 5.41) is 0. The van der Waals surface area contributed by atoms with Gasteiger partial charge in [0.25, 0.3) is 0 Å². The van der Waals surface area contributed by atoms with Crippen LogP contribution in [0.3, 0.4) is 0 Å².